The zero-order chi connectivity index (χ0) is 17.0. The molecule has 0 aliphatic rings. The van der Waals surface area contributed by atoms with E-state index in [0.29, 0.717) is 6.54 Å². The van der Waals surface area contributed by atoms with E-state index in [1.807, 2.05) is 12.1 Å². The van der Waals surface area contributed by atoms with E-state index in [4.69, 9.17) is 0 Å². The smallest absolute Gasteiger partial charge is 0.422 e. The Hall–Kier alpha value is -1.61. The molecule has 1 amide bonds. The summed E-state index contributed by atoms with van der Waals surface area (Å²) >= 11 is 4.87. The fraction of sp³-hybridized carbons (Fsp3) is 0.286. The molecule has 0 radical (unpaired) electrons. The van der Waals surface area contributed by atoms with Crippen molar-refractivity contribution in [1.29, 1.82) is 0 Å². The zero-order valence-electron chi connectivity index (χ0n) is 11.9. The van der Waals surface area contributed by atoms with Crippen LogP contribution in [0.5, 0.6) is 5.88 Å². The summed E-state index contributed by atoms with van der Waals surface area (Å²) in [6.07, 6.45) is -3.22. The molecule has 4 nitrogen and oxygen atoms in total. The van der Waals surface area contributed by atoms with Crippen molar-refractivity contribution in [3.8, 4) is 5.88 Å². The Balaban J connectivity index is 1.96. The van der Waals surface area contributed by atoms with Gasteiger partial charge in [0.2, 0.25) is 5.88 Å². The van der Waals surface area contributed by atoms with Crippen LogP contribution in [0.4, 0.5) is 13.2 Å². The first-order chi connectivity index (χ1) is 10.7. The SMILES string of the molecule is CN(Cc1ccc(Br)s1)C(=O)c1ccc(OCC(F)(F)F)nc1. The van der Waals surface area contributed by atoms with Crippen LogP contribution in [-0.4, -0.2) is 35.6 Å². The molecule has 2 aromatic rings. The molecule has 2 heterocycles. The van der Waals surface area contributed by atoms with E-state index in [-0.39, 0.29) is 17.4 Å². The number of carbonyl (C=O) groups is 1. The van der Waals surface area contributed by atoms with Gasteiger partial charge in [0.05, 0.1) is 15.9 Å². The number of aromatic nitrogens is 1. The number of carbonyl (C=O) groups excluding carboxylic acids is 1. The summed E-state index contributed by atoms with van der Waals surface area (Å²) in [6, 6.07) is 6.44. The third kappa shape index (κ3) is 5.51. The van der Waals surface area contributed by atoms with E-state index >= 15 is 0 Å². The molecule has 0 bridgehead atoms. The van der Waals surface area contributed by atoms with Crippen molar-refractivity contribution in [2.24, 2.45) is 0 Å². The number of nitrogens with zero attached hydrogens (tertiary/aromatic N) is 2. The van der Waals surface area contributed by atoms with Gasteiger partial charge >= 0.3 is 6.18 Å². The molecule has 9 heteroatoms. The van der Waals surface area contributed by atoms with Gasteiger partial charge in [-0.15, -0.1) is 11.3 Å². The summed E-state index contributed by atoms with van der Waals surface area (Å²) in [5.41, 5.74) is 0.280. The van der Waals surface area contributed by atoms with Crippen LogP contribution in [-0.2, 0) is 6.54 Å². The number of ether oxygens (including phenoxy) is 1. The Bertz CT molecular complexity index is 673. The topological polar surface area (TPSA) is 42.4 Å². The lowest BCUT2D eigenvalue weighted by atomic mass is 10.2. The van der Waals surface area contributed by atoms with Gasteiger partial charge in [-0.25, -0.2) is 4.98 Å². The van der Waals surface area contributed by atoms with Gasteiger partial charge in [0.25, 0.3) is 5.91 Å². The number of alkyl halides is 3. The van der Waals surface area contributed by atoms with E-state index < -0.39 is 12.8 Å². The van der Waals surface area contributed by atoms with E-state index in [1.165, 1.54) is 34.6 Å². The summed E-state index contributed by atoms with van der Waals surface area (Å²) in [6.45, 7) is -0.984. The summed E-state index contributed by atoms with van der Waals surface area (Å²) in [4.78, 5) is 18.5. The predicted molar refractivity (Wildman–Crippen MR) is 83.6 cm³/mol. The van der Waals surface area contributed by atoms with Crippen molar-refractivity contribution in [2.45, 2.75) is 12.7 Å². The lowest BCUT2D eigenvalue weighted by Crippen LogP contribution is -2.26. The number of amides is 1. The second kappa shape index (κ2) is 7.31. The largest absolute Gasteiger partial charge is 0.468 e. The number of halogens is 4. The van der Waals surface area contributed by atoms with Crippen LogP contribution in [0.3, 0.4) is 0 Å². The number of thiophene rings is 1. The number of pyridine rings is 1. The molecule has 0 spiro atoms. The highest BCUT2D eigenvalue weighted by Crippen LogP contribution is 2.23. The van der Waals surface area contributed by atoms with Gasteiger partial charge in [0, 0.05) is 24.2 Å². The van der Waals surface area contributed by atoms with Gasteiger partial charge in [0.15, 0.2) is 6.61 Å². The molecule has 0 aliphatic carbocycles. The molecular weight excluding hydrogens is 397 g/mol. The number of hydrogen-bond donors (Lipinski definition) is 0. The van der Waals surface area contributed by atoms with Crippen LogP contribution >= 0.6 is 27.3 Å². The van der Waals surface area contributed by atoms with Gasteiger partial charge in [-0.05, 0) is 34.1 Å². The van der Waals surface area contributed by atoms with Crippen molar-refractivity contribution in [1.82, 2.24) is 9.88 Å². The van der Waals surface area contributed by atoms with Gasteiger partial charge in [0.1, 0.15) is 0 Å². The summed E-state index contributed by atoms with van der Waals surface area (Å²) in [7, 11) is 1.64. The molecule has 2 aromatic heterocycles. The molecule has 23 heavy (non-hydrogen) atoms. The van der Waals surface area contributed by atoms with Crippen LogP contribution in [0.25, 0.3) is 0 Å². The first-order valence-corrected chi connectivity index (χ1v) is 8.01. The van der Waals surface area contributed by atoms with Crippen LogP contribution in [0, 0.1) is 0 Å². The molecule has 0 saturated carbocycles. The fourth-order valence-electron chi connectivity index (χ4n) is 1.71. The maximum Gasteiger partial charge on any atom is 0.422 e. The molecule has 0 N–H and O–H groups in total. The van der Waals surface area contributed by atoms with Crippen molar-refractivity contribution in [2.75, 3.05) is 13.7 Å². The lowest BCUT2D eigenvalue weighted by molar-refractivity contribution is -0.154. The van der Waals surface area contributed by atoms with Crippen LogP contribution in [0.2, 0.25) is 0 Å². The second-order valence-corrected chi connectivity index (χ2v) is 7.20. The number of hydrogen-bond acceptors (Lipinski definition) is 4. The Morgan fingerprint density at radius 1 is 1.35 bits per heavy atom. The van der Waals surface area contributed by atoms with Crippen molar-refractivity contribution >= 4 is 33.2 Å². The van der Waals surface area contributed by atoms with E-state index in [1.54, 1.807) is 7.05 Å². The van der Waals surface area contributed by atoms with Crippen LogP contribution in [0.15, 0.2) is 34.2 Å². The molecular formula is C14H12BrF3N2O2S. The van der Waals surface area contributed by atoms with Crippen LogP contribution < -0.4 is 4.74 Å². The standard InChI is InChI=1S/C14H12BrF3N2O2S/c1-20(7-10-3-4-11(15)23-10)13(21)9-2-5-12(19-6-9)22-8-14(16,17)18/h2-6H,7-8H2,1H3. The Kier molecular flexibility index (Phi) is 5.64. The summed E-state index contributed by atoms with van der Waals surface area (Å²) in [5.74, 6) is -0.451. The lowest BCUT2D eigenvalue weighted by Gasteiger charge is -2.16. The average molecular weight is 409 g/mol. The molecule has 0 saturated heterocycles. The monoisotopic (exact) mass is 408 g/mol. The highest BCUT2D eigenvalue weighted by atomic mass is 79.9. The third-order valence-corrected chi connectivity index (χ3v) is 4.34. The first kappa shape index (κ1) is 17.7. The van der Waals surface area contributed by atoms with E-state index in [9.17, 15) is 18.0 Å². The van der Waals surface area contributed by atoms with Gasteiger partial charge in [-0.2, -0.15) is 13.2 Å². The maximum atomic E-state index is 12.2. The van der Waals surface area contributed by atoms with Gasteiger partial charge in [-0.1, -0.05) is 0 Å². The minimum Gasteiger partial charge on any atom is -0.468 e. The molecule has 124 valence electrons. The molecule has 0 fully saturated rings. The summed E-state index contributed by atoms with van der Waals surface area (Å²) in [5, 5.41) is 0. The minimum absolute atomic E-state index is 0.177. The summed E-state index contributed by atoms with van der Waals surface area (Å²) < 4.78 is 41.6. The Morgan fingerprint density at radius 3 is 2.61 bits per heavy atom. The molecule has 2 rings (SSSR count). The molecule has 0 aromatic carbocycles. The zero-order valence-corrected chi connectivity index (χ0v) is 14.3. The predicted octanol–water partition coefficient (Wildman–Crippen LogP) is 4.12. The van der Waals surface area contributed by atoms with E-state index in [2.05, 4.69) is 25.7 Å². The van der Waals surface area contributed by atoms with Crippen molar-refractivity contribution in [3.63, 3.8) is 0 Å². The van der Waals surface area contributed by atoms with E-state index in [0.717, 1.165) is 8.66 Å². The highest BCUT2D eigenvalue weighted by molar-refractivity contribution is 9.11. The average Bonchev–Trinajstić information content (AvgIpc) is 2.89. The quantitative estimate of drug-likeness (QED) is 0.747. The third-order valence-electron chi connectivity index (χ3n) is 2.74. The normalized spacial score (nSPS) is 11.3. The Morgan fingerprint density at radius 2 is 2.09 bits per heavy atom. The van der Waals surface area contributed by atoms with Crippen molar-refractivity contribution in [3.05, 3.63) is 44.7 Å². The molecule has 0 aliphatic heterocycles. The number of rotatable bonds is 5. The minimum atomic E-state index is -4.43. The van der Waals surface area contributed by atoms with Crippen molar-refractivity contribution < 1.29 is 22.7 Å². The van der Waals surface area contributed by atoms with Crippen LogP contribution in [0.1, 0.15) is 15.2 Å². The second-order valence-electron chi connectivity index (χ2n) is 4.66. The fourth-order valence-corrected chi connectivity index (χ4v) is 3.25. The molecule has 0 atom stereocenters. The highest BCUT2D eigenvalue weighted by Gasteiger charge is 2.28. The molecule has 0 unspecified atom stereocenters. The first-order valence-electron chi connectivity index (χ1n) is 6.40. The maximum absolute atomic E-state index is 12.2. The van der Waals surface area contributed by atoms with Gasteiger partial charge < -0.3 is 9.64 Å². The Labute approximate surface area is 143 Å². The van der Waals surface area contributed by atoms with Gasteiger partial charge in [-0.3, -0.25) is 4.79 Å².